The maximum absolute atomic E-state index is 13.1. The summed E-state index contributed by atoms with van der Waals surface area (Å²) in [7, 11) is 1.37. The van der Waals surface area contributed by atoms with Gasteiger partial charge in [0.05, 0.1) is 12.8 Å². The third kappa shape index (κ3) is 2.77. The summed E-state index contributed by atoms with van der Waals surface area (Å²) in [6.07, 6.45) is 0. The highest BCUT2D eigenvalue weighted by atomic mass is 19.1. The van der Waals surface area contributed by atoms with Crippen molar-refractivity contribution in [2.24, 2.45) is 5.41 Å². The molecule has 0 aliphatic heterocycles. The Morgan fingerprint density at radius 2 is 2.00 bits per heavy atom. The van der Waals surface area contributed by atoms with Crippen LogP contribution in [0.4, 0.5) is 10.1 Å². The molecule has 0 radical (unpaired) electrons. The number of benzene rings is 1. The third-order valence-corrected chi connectivity index (χ3v) is 2.51. The highest BCUT2D eigenvalue weighted by molar-refractivity contribution is 6.08. The first kappa shape index (κ1) is 14.0. The maximum atomic E-state index is 13.1. The van der Waals surface area contributed by atoms with E-state index in [0.29, 0.717) is 0 Å². The van der Waals surface area contributed by atoms with Gasteiger partial charge in [-0.1, -0.05) is 0 Å². The highest BCUT2D eigenvalue weighted by Crippen LogP contribution is 2.27. The molecule has 0 atom stereocenters. The van der Waals surface area contributed by atoms with Crippen molar-refractivity contribution in [3.05, 3.63) is 24.0 Å². The van der Waals surface area contributed by atoms with Crippen LogP contribution in [0.2, 0.25) is 0 Å². The molecule has 1 aromatic rings. The van der Waals surface area contributed by atoms with Crippen molar-refractivity contribution in [2.45, 2.75) is 13.8 Å². The molecule has 0 heterocycles. The molecule has 0 bridgehead atoms. The molecule has 0 spiro atoms. The summed E-state index contributed by atoms with van der Waals surface area (Å²) in [5.74, 6) is -2.32. The first-order valence-corrected chi connectivity index (χ1v) is 5.17. The van der Waals surface area contributed by atoms with Crippen LogP contribution in [0, 0.1) is 11.2 Å². The van der Waals surface area contributed by atoms with Gasteiger partial charge in [-0.25, -0.2) is 4.39 Å². The first-order valence-electron chi connectivity index (χ1n) is 5.17. The van der Waals surface area contributed by atoms with Gasteiger partial charge in [-0.3, -0.25) is 9.59 Å². The SMILES string of the molecule is COc1ccc(F)cc1NC(=O)C(C)(C)C(=O)O. The second-order valence-corrected chi connectivity index (χ2v) is 4.23. The minimum atomic E-state index is -1.61. The Kier molecular flexibility index (Phi) is 3.90. The summed E-state index contributed by atoms with van der Waals surface area (Å²) in [5.41, 5.74) is -1.52. The molecule has 1 amide bonds. The fourth-order valence-electron chi connectivity index (χ4n) is 1.15. The van der Waals surface area contributed by atoms with Crippen LogP contribution in [0.3, 0.4) is 0 Å². The van der Waals surface area contributed by atoms with Gasteiger partial charge >= 0.3 is 5.97 Å². The normalized spacial score (nSPS) is 10.9. The number of methoxy groups -OCH3 is 1. The number of carboxylic acids is 1. The van der Waals surface area contributed by atoms with E-state index in [4.69, 9.17) is 9.84 Å². The van der Waals surface area contributed by atoms with Crippen molar-refractivity contribution in [1.82, 2.24) is 0 Å². The first-order chi connectivity index (χ1) is 8.28. The van der Waals surface area contributed by atoms with Gasteiger partial charge in [-0.15, -0.1) is 0 Å². The van der Waals surface area contributed by atoms with E-state index in [1.807, 2.05) is 0 Å². The summed E-state index contributed by atoms with van der Waals surface area (Å²) < 4.78 is 18.0. The lowest BCUT2D eigenvalue weighted by molar-refractivity contribution is -0.151. The Balaban J connectivity index is 3.01. The van der Waals surface area contributed by atoms with Gasteiger partial charge in [-0.05, 0) is 26.0 Å². The smallest absolute Gasteiger partial charge is 0.318 e. The summed E-state index contributed by atoms with van der Waals surface area (Å²) >= 11 is 0. The summed E-state index contributed by atoms with van der Waals surface area (Å²) in [6.45, 7) is 2.52. The standard InChI is InChI=1S/C12H14FNO4/c1-12(2,11(16)17)10(15)14-8-6-7(13)4-5-9(8)18-3/h4-6H,1-3H3,(H,14,15)(H,16,17). The number of anilines is 1. The number of halogens is 1. The molecule has 0 saturated heterocycles. The number of carbonyl (C=O) groups is 2. The van der Waals surface area contributed by atoms with Crippen molar-refractivity contribution >= 4 is 17.6 Å². The van der Waals surface area contributed by atoms with Crippen LogP contribution < -0.4 is 10.1 Å². The van der Waals surface area contributed by atoms with Gasteiger partial charge in [0.15, 0.2) is 0 Å². The molecule has 0 aliphatic carbocycles. The Labute approximate surface area is 104 Å². The predicted octanol–water partition coefficient (Wildman–Crippen LogP) is 1.88. The Morgan fingerprint density at radius 1 is 1.39 bits per heavy atom. The molecule has 0 aliphatic rings. The highest BCUT2D eigenvalue weighted by Gasteiger charge is 2.36. The van der Waals surface area contributed by atoms with E-state index in [9.17, 15) is 14.0 Å². The van der Waals surface area contributed by atoms with Gasteiger partial charge in [0.1, 0.15) is 17.0 Å². The largest absolute Gasteiger partial charge is 0.495 e. The van der Waals surface area contributed by atoms with E-state index in [1.165, 1.54) is 33.1 Å². The van der Waals surface area contributed by atoms with Crippen LogP contribution in [0.25, 0.3) is 0 Å². The predicted molar refractivity (Wildman–Crippen MR) is 63.0 cm³/mol. The van der Waals surface area contributed by atoms with Gasteiger partial charge in [0.2, 0.25) is 5.91 Å². The Morgan fingerprint density at radius 3 is 2.50 bits per heavy atom. The molecule has 6 heteroatoms. The average molecular weight is 255 g/mol. The second kappa shape index (κ2) is 5.03. The van der Waals surface area contributed by atoms with Crippen LogP contribution in [0.1, 0.15) is 13.8 Å². The quantitative estimate of drug-likeness (QED) is 0.805. The van der Waals surface area contributed by atoms with E-state index >= 15 is 0 Å². The third-order valence-electron chi connectivity index (χ3n) is 2.51. The fourth-order valence-corrected chi connectivity index (χ4v) is 1.15. The molecule has 18 heavy (non-hydrogen) atoms. The number of hydrogen-bond donors (Lipinski definition) is 2. The lowest BCUT2D eigenvalue weighted by Crippen LogP contribution is -2.37. The maximum Gasteiger partial charge on any atom is 0.318 e. The fraction of sp³-hybridized carbons (Fsp3) is 0.333. The van der Waals surface area contributed by atoms with E-state index in [1.54, 1.807) is 0 Å². The molecule has 1 rings (SSSR count). The lowest BCUT2D eigenvalue weighted by atomic mass is 9.92. The number of nitrogens with one attached hydrogen (secondary N) is 1. The van der Waals surface area contributed by atoms with Crippen molar-refractivity contribution in [3.8, 4) is 5.75 Å². The number of hydrogen-bond acceptors (Lipinski definition) is 3. The molecule has 98 valence electrons. The monoisotopic (exact) mass is 255 g/mol. The molecule has 0 unspecified atom stereocenters. The zero-order valence-electron chi connectivity index (χ0n) is 10.3. The zero-order chi connectivity index (χ0) is 13.9. The number of rotatable bonds is 4. The van der Waals surface area contributed by atoms with E-state index in [2.05, 4.69) is 5.32 Å². The van der Waals surface area contributed by atoms with Crippen molar-refractivity contribution in [2.75, 3.05) is 12.4 Å². The topological polar surface area (TPSA) is 75.6 Å². The van der Waals surface area contributed by atoms with Gasteiger partial charge < -0.3 is 15.2 Å². The molecular formula is C12H14FNO4. The van der Waals surface area contributed by atoms with Crippen LogP contribution in [0.15, 0.2) is 18.2 Å². The van der Waals surface area contributed by atoms with Crippen LogP contribution in [-0.4, -0.2) is 24.1 Å². The van der Waals surface area contributed by atoms with Crippen LogP contribution in [0.5, 0.6) is 5.75 Å². The molecule has 0 saturated carbocycles. The van der Waals surface area contributed by atoms with E-state index in [0.717, 1.165) is 6.07 Å². The Hall–Kier alpha value is -2.11. The number of ether oxygens (including phenoxy) is 1. The minimum Gasteiger partial charge on any atom is -0.495 e. The summed E-state index contributed by atoms with van der Waals surface area (Å²) in [5, 5.41) is 11.2. The van der Waals surface area contributed by atoms with Gasteiger partial charge in [-0.2, -0.15) is 0 Å². The molecular weight excluding hydrogens is 241 g/mol. The number of carbonyl (C=O) groups excluding carboxylic acids is 1. The van der Waals surface area contributed by atoms with Crippen molar-refractivity contribution in [3.63, 3.8) is 0 Å². The van der Waals surface area contributed by atoms with E-state index < -0.39 is 23.1 Å². The Bertz CT molecular complexity index is 485. The molecule has 1 aromatic carbocycles. The van der Waals surface area contributed by atoms with E-state index in [-0.39, 0.29) is 11.4 Å². The molecule has 0 aromatic heterocycles. The second-order valence-electron chi connectivity index (χ2n) is 4.23. The summed E-state index contributed by atoms with van der Waals surface area (Å²) in [6, 6.07) is 3.59. The van der Waals surface area contributed by atoms with Crippen molar-refractivity contribution in [1.29, 1.82) is 0 Å². The zero-order valence-corrected chi connectivity index (χ0v) is 10.3. The van der Waals surface area contributed by atoms with Gasteiger partial charge in [0.25, 0.3) is 0 Å². The number of carboxylic acid groups (broad SMARTS) is 1. The van der Waals surface area contributed by atoms with Crippen molar-refractivity contribution < 1.29 is 23.8 Å². The summed E-state index contributed by atoms with van der Waals surface area (Å²) in [4.78, 5) is 22.7. The molecule has 2 N–H and O–H groups in total. The number of aliphatic carboxylic acids is 1. The average Bonchev–Trinajstić information content (AvgIpc) is 2.29. The number of amides is 1. The molecule has 5 nitrogen and oxygen atoms in total. The van der Waals surface area contributed by atoms with Crippen LogP contribution in [-0.2, 0) is 9.59 Å². The molecule has 0 fully saturated rings. The lowest BCUT2D eigenvalue weighted by Gasteiger charge is -2.19. The minimum absolute atomic E-state index is 0.0943. The van der Waals surface area contributed by atoms with Crippen LogP contribution >= 0.6 is 0 Å². The van der Waals surface area contributed by atoms with Gasteiger partial charge in [0, 0.05) is 6.07 Å².